The molecule has 78 valence electrons. The molecule has 14 heavy (non-hydrogen) atoms. The summed E-state index contributed by atoms with van der Waals surface area (Å²) < 4.78 is 0. The van der Waals surface area contributed by atoms with E-state index in [1.165, 1.54) is 17.5 Å². The van der Waals surface area contributed by atoms with Crippen LogP contribution in [0.2, 0.25) is 5.02 Å². The molecular weight excluding hydrogens is 192 g/mol. The van der Waals surface area contributed by atoms with E-state index in [9.17, 15) is 0 Å². The van der Waals surface area contributed by atoms with Crippen molar-refractivity contribution in [1.29, 1.82) is 0 Å². The third-order valence-electron chi connectivity index (χ3n) is 3.09. The van der Waals surface area contributed by atoms with Gasteiger partial charge < -0.3 is 0 Å². The van der Waals surface area contributed by atoms with E-state index in [0.717, 1.165) is 5.02 Å². The molecular formula is C13H19Cl. The minimum Gasteiger partial charge on any atom is -0.0843 e. The van der Waals surface area contributed by atoms with Crippen LogP contribution in [-0.2, 0) is 0 Å². The van der Waals surface area contributed by atoms with Gasteiger partial charge in [0, 0.05) is 5.02 Å². The van der Waals surface area contributed by atoms with Crippen molar-refractivity contribution in [3.8, 4) is 0 Å². The first-order valence-electron chi connectivity index (χ1n) is 5.31. The van der Waals surface area contributed by atoms with Crippen LogP contribution in [0, 0.1) is 12.8 Å². The van der Waals surface area contributed by atoms with Gasteiger partial charge in [0.2, 0.25) is 0 Å². The van der Waals surface area contributed by atoms with Gasteiger partial charge >= 0.3 is 0 Å². The highest BCUT2D eigenvalue weighted by Crippen LogP contribution is 2.28. The molecule has 0 aliphatic heterocycles. The summed E-state index contributed by atoms with van der Waals surface area (Å²) in [4.78, 5) is 0. The third kappa shape index (κ3) is 2.75. The molecule has 1 aromatic carbocycles. The largest absolute Gasteiger partial charge is 0.0843 e. The van der Waals surface area contributed by atoms with Crippen molar-refractivity contribution in [1.82, 2.24) is 0 Å². The zero-order valence-electron chi connectivity index (χ0n) is 9.47. The topological polar surface area (TPSA) is 0 Å². The van der Waals surface area contributed by atoms with Crippen LogP contribution in [0.1, 0.15) is 44.2 Å². The van der Waals surface area contributed by atoms with Crippen LogP contribution in [0.3, 0.4) is 0 Å². The first-order valence-corrected chi connectivity index (χ1v) is 5.69. The Balaban J connectivity index is 2.94. The van der Waals surface area contributed by atoms with E-state index in [0.29, 0.717) is 11.8 Å². The highest BCUT2D eigenvalue weighted by molar-refractivity contribution is 6.30. The summed E-state index contributed by atoms with van der Waals surface area (Å²) in [6.45, 7) is 8.90. The van der Waals surface area contributed by atoms with Crippen LogP contribution in [0.25, 0.3) is 0 Å². The fourth-order valence-corrected chi connectivity index (χ4v) is 2.01. The Hall–Kier alpha value is -0.490. The summed E-state index contributed by atoms with van der Waals surface area (Å²) in [5.74, 6) is 1.31. The quantitative estimate of drug-likeness (QED) is 0.673. The average molecular weight is 211 g/mol. The SMILES string of the molecule is CCC(C)C(C)c1cc(C)cc(Cl)c1. The van der Waals surface area contributed by atoms with Crippen molar-refractivity contribution < 1.29 is 0 Å². The molecule has 0 nitrogen and oxygen atoms in total. The maximum atomic E-state index is 6.04. The lowest BCUT2D eigenvalue weighted by molar-refractivity contribution is 0.473. The summed E-state index contributed by atoms with van der Waals surface area (Å²) >= 11 is 6.04. The normalized spacial score (nSPS) is 15.2. The Morgan fingerprint density at radius 1 is 1.21 bits per heavy atom. The van der Waals surface area contributed by atoms with Crippen LogP contribution < -0.4 is 0 Å². The van der Waals surface area contributed by atoms with E-state index >= 15 is 0 Å². The van der Waals surface area contributed by atoms with Gasteiger partial charge in [0.05, 0.1) is 0 Å². The second kappa shape index (κ2) is 4.84. The number of hydrogen-bond donors (Lipinski definition) is 0. The zero-order valence-corrected chi connectivity index (χ0v) is 10.2. The summed E-state index contributed by atoms with van der Waals surface area (Å²) in [5.41, 5.74) is 2.62. The van der Waals surface area contributed by atoms with Gasteiger partial charge in [0.1, 0.15) is 0 Å². The van der Waals surface area contributed by atoms with E-state index in [1.54, 1.807) is 0 Å². The molecule has 0 fully saturated rings. The van der Waals surface area contributed by atoms with Crippen LogP contribution >= 0.6 is 11.6 Å². The van der Waals surface area contributed by atoms with Crippen molar-refractivity contribution in [2.75, 3.05) is 0 Å². The predicted molar refractivity (Wildman–Crippen MR) is 64.1 cm³/mol. The lowest BCUT2D eigenvalue weighted by atomic mass is 9.87. The van der Waals surface area contributed by atoms with Gasteiger partial charge in [0.15, 0.2) is 0 Å². The monoisotopic (exact) mass is 210 g/mol. The number of hydrogen-bond acceptors (Lipinski definition) is 0. The lowest BCUT2D eigenvalue weighted by Crippen LogP contribution is -2.05. The zero-order chi connectivity index (χ0) is 10.7. The van der Waals surface area contributed by atoms with Gasteiger partial charge in [-0.3, -0.25) is 0 Å². The highest BCUT2D eigenvalue weighted by atomic mass is 35.5. The van der Waals surface area contributed by atoms with Crippen LogP contribution in [0.15, 0.2) is 18.2 Å². The van der Waals surface area contributed by atoms with E-state index in [1.807, 2.05) is 6.07 Å². The van der Waals surface area contributed by atoms with Gasteiger partial charge in [-0.2, -0.15) is 0 Å². The molecule has 0 saturated carbocycles. The highest BCUT2D eigenvalue weighted by Gasteiger charge is 2.13. The number of rotatable bonds is 3. The standard InChI is InChI=1S/C13H19Cl/c1-5-10(3)11(4)12-6-9(2)7-13(14)8-12/h6-8,10-11H,5H2,1-4H3. The van der Waals surface area contributed by atoms with Crippen molar-refractivity contribution in [3.05, 3.63) is 34.3 Å². The Morgan fingerprint density at radius 3 is 2.36 bits per heavy atom. The molecule has 1 heteroatoms. The van der Waals surface area contributed by atoms with Crippen LogP contribution in [-0.4, -0.2) is 0 Å². The summed E-state index contributed by atoms with van der Waals surface area (Å²) in [6, 6.07) is 6.34. The first kappa shape index (κ1) is 11.6. The van der Waals surface area contributed by atoms with E-state index < -0.39 is 0 Å². The summed E-state index contributed by atoms with van der Waals surface area (Å²) in [5, 5.41) is 0.857. The molecule has 0 aromatic heterocycles. The molecule has 2 unspecified atom stereocenters. The minimum atomic E-state index is 0.595. The van der Waals surface area contributed by atoms with Gasteiger partial charge in [0.25, 0.3) is 0 Å². The molecule has 0 aliphatic rings. The summed E-state index contributed by atoms with van der Waals surface area (Å²) in [6.07, 6.45) is 1.22. The first-order chi connectivity index (χ1) is 6.54. The Kier molecular flexibility index (Phi) is 4.00. The van der Waals surface area contributed by atoms with Crippen LogP contribution in [0.5, 0.6) is 0 Å². The Labute approximate surface area is 92.3 Å². The number of halogens is 1. The fourth-order valence-electron chi connectivity index (χ4n) is 1.71. The molecule has 0 N–H and O–H groups in total. The number of aryl methyl sites for hydroxylation is 1. The Morgan fingerprint density at radius 2 is 1.86 bits per heavy atom. The molecule has 1 aromatic rings. The Bertz CT molecular complexity index is 284. The average Bonchev–Trinajstić information content (AvgIpc) is 2.14. The van der Waals surface area contributed by atoms with Gasteiger partial charge in [-0.05, 0) is 42.0 Å². The van der Waals surface area contributed by atoms with Crippen molar-refractivity contribution in [3.63, 3.8) is 0 Å². The van der Waals surface area contributed by atoms with Crippen LogP contribution in [0.4, 0.5) is 0 Å². The minimum absolute atomic E-state index is 0.595. The number of benzene rings is 1. The fraction of sp³-hybridized carbons (Fsp3) is 0.538. The van der Waals surface area contributed by atoms with Gasteiger partial charge in [-0.15, -0.1) is 0 Å². The molecule has 0 spiro atoms. The molecule has 0 saturated heterocycles. The van der Waals surface area contributed by atoms with E-state index in [-0.39, 0.29) is 0 Å². The van der Waals surface area contributed by atoms with Gasteiger partial charge in [-0.1, -0.05) is 44.9 Å². The van der Waals surface area contributed by atoms with E-state index in [4.69, 9.17) is 11.6 Å². The molecule has 0 radical (unpaired) electrons. The molecule has 0 heterocycles. The molecule has 0 amide bonds. The lowest BCUT2D eigenvalue weighted by Gasteiger charge is -2.19. The van der Waals surface area contributed by atoms with Crippen molar-refractivity contribution in [2.24, 2.45) is 5.92 Å². The molecule has 0 aliphatic carbocycles. The van der Waals surface area contributed by atoms with Crippen molar-refractivity contribution in [2.45, 2.75) is 40.0 Å². The second-order valence-electron chi connectivity index (χ2n) is 4.24. The second-order valence-corrected chi connectivity index (χ2v) is 4.67. The summed E-state index contributed by atoms with van der Waals surface area (Å²) in [7, 11) is 0. The van der Waals surface area contributed by atoms with E-state index in [2.05, 4.69) is 39.8 Å². The molecule has 1 rings (SSSR count). The maximum absolute atomic E-state index is 6.04. The van der Waals surface area contributed by atoms with Crippen molar-refractivity contribution >= 4 is 11.6 Å². The molecule has 0 bridgehead atoms. The van der Waals surface area contributed by atoms with Gasteiger partial charge in [-0.25, -0.2) is 0 Å². The predicted octanol–water partition coefficient (Wildman–Crippen LogP) is 4.80. The smallest absolute Gasteiger partial charge is 0.0411 e. The molecule has 2 atom stereocenters. The third-order valence-corrected chi connectivity index (χ3v) is 3.31. The maximum Gasteiger partial charge on any atom is 0.0411 e.